The third kappa shape index (κ3) is 3.35. The number of nitrogens with zero attached hydrogens (tertiary/aromatic N) is 4. The van der Waals surface area contributed by atoms with E-state index in [2.05, 4.69) is 21.5 Å². The molecule has 1 N–H and O–H groups in total. The first kappa shape index (κ1) is 17.1. The van der Waals surface area contributed by atoms with Crippen molar-refractivity contribution in [2.45, 2.75) is 19.1 Å². The number of carbonyl (C=O) groups excluding carboxylic acids is 1. The van der Waals surface area contributed by atoms with Crippen molar-refractivity contribution >= 4 is 23.5 Å². The van der Waals surface area contributed by atoms with E-state index in [4.69, 9.17) is 21.6 Å². The zero-order valence-electron chi connectivity index (χ0n) is 14.1. The molecule has 134 valence electrons. The number of benzene rings is 2. The molecule has 1 aliphatic heterocycles. The number of carbonyl (C=O) groups is 1. The Hall–Kier alpha value is -3.37. The predicted octanol–water partition coefficient (Wildman–Crippen LogP) is 3.31. The van der Waals surface area contributed by atoms with Crippen molar-refractivity contribution in [3.8, 4) is 11.8 Å². The molecule has 0 saturated carbocycles. The van der Waals surface area contributed by atoms with Crippen LogP contribution in [0.5, 0.6) is 5.75 Å². The molecule has 1 amide bonds. The Bertz CT molecular complexity index is 1060. The van der Waals surface area contributed by atoms with E-state index in [0.29, 0.717) is 22.3 Å². The van der Waals surface area contributed by atoms with Crippen LogP contribution in [0.4, 0.5) is 5.95 Å². The molecule has 0 spiro atoms. The number of hydrogen-bond donors (Lipinski definition) is 1. The quantitative estimate of drug-likeness (QED) is 0.750. The lowest BCUT2D eigenvalue weighted by Gasteiger charge is -2.24. The van der Waals surface area contributed by atoms with Crippen LogP contribution in [0, 0.1) is 11.3 Å². The van der Waals surface area contributed by atoms with Crippen LogP contribution in [0.15, 0.2) is 48.8 Å². The average Bonchev–Trinajstić information content (AvgIpc) is 3.15. The zero-order valence-corrected chi connectivity index (χ0v) is 14.8. The largest absolute Gasteiger partial charge is 0.487 e. The molecule has 1 aromatic heterocycles. The molecular weight excluding hydrogens is 366 g/mol. The molecule has 0 aliphatic carbocycles. The average molecular weight is 380 g/mol. The maximum atomic E-state index is 11.9. The number of fused-ring (bicyclic) bond motifs is 1. The molecule has 2 heterocycles. The topological polar surface area (TPSA) is 92.8 Å². The minimum absolute atomic E-state index is 0.120. The second kappa shape index (κ2) is 7.09. The second-order valence-electron chi connectivity index (χ2n) is 6.04. The van der Waals surface area contributed by atoms with Gasteiger partial charge in [0.1, 0.15) is 18.7 Å². The highest BCUT2D eigenvalue weighted by Gasteiger charge is 2.28. The van der Waals surface area contributed by atoms with Gasteiger partial charge in [0.2, 0.25) is 11.9 Å². The number of rotatable bonds is 4. The van der Waals surface area contributed by atoms with E-state index in [1.807, 2.05) is 24.3 Å². The summed E-state index contributed by atoms with van der Waals surface area (Å²) in [6.07, 6.45) is 1.65. The summed E-state index contributed by atoms with van der Waals surface area (Å²) in [5, 5.41) is 16.4. The van der Waals surface area contributed by atoms with E-state index >= 15 is 0 Å². The van der Waals surface area contributed by atoms with Gasteiger partial charge in [-0.1, -0.05) is 35.9 Å². The highest BCUT2D eigenvalue weighted by molar-refractivity contribution is 6.32. The molecule has 27 heavy (non-hydrogen) atoms. The molecule has 8 heteroatoms. The van der Waals surface area contributed by atoms with Crippen molar-refractivity contribution in [3.05, 3.63) is 70.5 Å². The van der Waals surface area contributed by atoms with Gasteiger partial charge in [-0.2, -0.15) is 15.3 Å². The van der Waals surface area contributed by atoms with Gasteiger partial charge >= 0.3 is 0 Å². The van der Waals surface area contributed by atoms with Gasteiger partial charge in [0.05, 0.1) is 29.1 Å². The van der Waals surface area contributed by atoms with E-state index < -0.39 is 0 Å². The van der Waals surface area contributed by atoms with E-state index in [9.17, 15) is 4.79 Å². The fourth-order valence-electron chi connectivity index (χ4n) is 3.02. The molecular formula is C19H14ClN5O2. The molecule has 1 aliphatic rings. The predicted molar refractivity (Wildman–Crippen MR) is 98.3 cm³/mol. The lowest BCUT2D eigenvalue weighted by molar-refractivity contribution is -0.117. The van der Waals surface area contributed by atoms with Gasteiger partial charge in [0.15, 0.2) is 0 Å². The van der Waals surface area contributed by atoms with Crippen molar-refractivity contribution in [2.75, 3.05) is 5.32 Å². The van der Waals surface area contributed by atoms with Crippen LogP contribution in [0.2, 0.25) is 5.02 Å². The second-order valence-corrected chi connectivity index (χ2v) is 6.45. The number of halogens is 1. The van der Waals surface area contributed by atoms with Crippen molar-refractivity contribution in [2.24, 2.45) is 0 Å². The van der Waals surface area contributed by atoms with Crippen LogP contribution in [0.25, 0.3) is 0 Å². The van der Waals surface area contributed by atoms with Gasteiger partial charge in [0.25, 0.3) is 0 Å². The molecule has 0 unspecified atom stereocenters. The molecule has 0 radical (unpaired) electrons. The van der Waals surface area contributed by atoms with Crippen molar-refractivity contribution < 1.29 is 9.53 Å². The number of nitrogens with one attached hydrogen (secondary N) is 1. The van der Waals surface area contributed by atoms with Gasteiger partial charge in [-0.25, -0.2) is 4.68 Å². The summed E-state index contributed by atoms with van der Waals surface area (Å²) in [5.41, 5.74) is 2.19. The first-order valence-electron chi connectivity index (χ1n) is 8.25. The lowest BCUT2D eigenvalue weighted by atomic mass is 10.0. The number of anilines is 1. The fourth-order valence-corrected chi connectivity index (χ4v) is 3.26. The summed E-state index contributed by atoms with van der Waals surface area (Å²) in [6, 6.07) is 14.5. The standard InChI is InChI=1S/C19H14ClN5O2/c20-15-7-12(16-8-18(26)24-19-22-11-23-25(16)19)5-6-17(15)27-10-14-4-2-1-3-13(14)9-21/h1-7,11,16H,8,10H2,(H,22,23,24,26)/t16-/m0/s1. The van der Waals surface area contributed by atoms with Crippen LogP contribution in [-0.4, -0.2) is 20.7 Å². The number of amides is 1. The molecule has 3 aromatic rings. The molecule has 1 atom stereocenters. The monoisotopic (exact) mass is 379 g/mol. The molecule has 7 nitrogen and oxygen atoms in total. The zero-order chi connectivity index (χ0) is 18.8. The third-order valence-corrected chi connectivity index (χ3v) is 4.66. The van der Waals surface area contributed by atoms with Crippen LogP contribution in [0.1, 0.15) is 29.2 Å². The van der Waals surface area contributed by atoms with Crippen LogP contribution < -0.4 is 10.1 Å². The maximum absolute atomic E-state index is 11.9. The SMILES string of the molecule is N#Cc1ccccc1COc1ccc([C@@H]2CC(=O)Nc3ncnn32)cc1Cl. The smallest absolute Gasteiger partial charge is 0.229 e. The van der Waals surface area contributed by atoms with Gasteiger partial charge < -0.3 is 4.74 Å². The minimum atomic E-state index is -0.276. The van der Waals surface area contributed by atoms with E-state index in [0.717, 1.165) is 11.1 Å². The lowest BCUT2D eigenvalue weighted by Crippen LogP contribution is -2.29. The maximum Gasteiger partial charge on any atom is 0.229 e. The highest BCUT2D eigenvalue weighted by atomic mass is 35.5. The summed E-state index contributed by atoms with van der Waals surface area (Å²) in [5.74, 6) is 0.804. The van der Waals surface area contributed by atoms with Gasteiger partial charge in [-0.3, -0.25) is 10.1 Å². The number of hydrogen-bond acceptors (Lipinski definition) is 5. The van der Waals surface area contributed by atoms with Gasteiger partial charge in [-0.05, 0) is 23.8 Å². The number of aromatic nitrogens is 3. The third-order valence-electron chi connectivity index (χ3n) is 4.36. The van der Waals surface area contributed by atoms with Crippen molar-refractivity contribution in [1.29, 1.82) is 5.26 Å². The van der Waals surface area contributed by atoms with Gasteiger partial charge in [-0.15, -0.1) is 0 Å². The Kier molecular flexibility index (Phi) is 4.48. The van der Waals surface area contributed by atoms with Crippen molar-refractivity contribution in [3.63, 3.8) is 0 Å². The Morgan fingerprint density at radius 2 is 2.19 bits per heavy atom. The van der Waals surface area contributed by atoms with Crippen molar-refractivity contribution in [1.82, 2.24) is 14.8 Å². The first-order valence-corrected chi connectivity index (χ1v) is 8.63. The van der Waals surface area contributed by atoms with Crippen LogP contribution >= 0.6 is 11.6 Å². The molecule has 0 fully saturated rings. The fraction of sp³-hybridized carbons (Fsp3) is 0.158. The molecule has 0 saturated heterocycles. The summed E-state index contributed by atoms with van der Waals surface area (Å²) >= 11 is 6.39. The van der Waals surface area contributed by atoms with E-state index in [1.54, 1.807) is 22.9 Å². The van der Waals surface area contributed by atoms with Gasteiger partial charge in [0, 0.05) is 5.56 Å². The highest BCUT2D eigenvalue weighted by Crippen LogP contribution is 2.33. The Morgan fingerprint density at radius 3 is 3.00 bits per heavy atom. The number of ether oxygens (including phenoxy) is 1. The summed E-state index contributed by atoms with van der Waals surface area (Å²) in [4.78, 5) is 15.9. The Balaban J connectivity index is 1.56. The van der Waals surface area contributed by atoms with Crippen LogP contribution in [-0.2, 0) is 11.4 Å². The number of nitriles is 1. The minimum Gasteiger partial charge on any atom is -0.487 e. The Morgan fingerprint density at radius 1 is 1.33 bits per heavy atom. The molecule has 0 bridgehead atoms. The van der Waals surface area contributed by atoms with Crippen LogP contribution in [0.3, 0.4) is 0 Å². The van der Waals surface area contributed by atoms with E-state index in [1.165, 1.54) is 6.33 Å². The summed E-state index contributed by atoms with van der Waals surface area (Å²) in [7, 11) is 0. The normalized spacial score (nSPS) is 15.6. The Labute approximate surface area is 160 Å². The van der Waals surface area contributed by atoms with E-state index in [-0.39, 0.29) is 25.0 Å². The summed E-state index contributed by atoms with van der Waals surface area (Å²) < 4.78 is 7.45. The first-order chi connectivity index (χ1) is 13.2. The summed E-state index contributed by atoms with van der Waals surface area (Å²) in [6.45, 7) is 0.238. The molecule has 2 aromatic carbocycles. The molecule has 4 rings (SSSR count).